The lowest BCUT2D eigenvalue weighted by atomic mass is 9.65. The number of fused-ring (bicyclic) bond motifs is 4. The molecule has 1 aliphatic heterocycles. The molecule has 4 N–H and O–H groups in total. The van der Waals surface area contributed by atoms with Gasteiger partial charge in [0.05, 0.1) is 11.5 Å². The largest absolute Gasteiger partial charge is 0.375 e. The van der Waals surface area contributed by atoms with Gasteiger partial charge in [-0.3, -0.25) is 0 Å². The smallest absolute Gasteiger partial charge is 0.0710 e. The van der Waals surface area contributed by atoms with E-state index in [2.05, 4.69) is 232 Å². The average molecular weight is 884 g/mol. The first-order chi connectivity index (χ1) is 33.2. The SMILES string of the molecule is CC/C=C(/C)[C@H]1C=C/C(=C(/C=C/c2cccc(C3(C4=CCCC(C5C=C(c6ccccc6)c6ccc(/C(C)=C\C(C)N)cc6N5)=C4)c4ccccc4-c4ccccc43)c2)c2ccccc2)C(=N)C1. The van der Waals surface area contributed by atoms with E-state index in [4.69, 9.17) is 5.73 Å². The van der Waals surface area contributed by atoms with Gasteiger partial charge in [-0.2, -0.15) is 0 Å². The van der Waals surface area contributed by atoms with Crippen LogP contribution in [-0.2, 0) is 5.41 Å². The zero-order chi connectivity index (χ0) is 46.8. The van der Waals surface area contributed by atoms with Gasteiger partial charge in [0.1, 0.15) is 0 Å². The van der Waals surface area contributed by atoms with E-state index in [9.17, 15) is 5.41 Å². The molecule has 0 saturated heterocycles. The van der Waals surface area contributed by atoms with Crippen molar-refractivity contribution in [3.05, 3.63) is 267 Å². The van der Waals surface area contributed by atoms with Crippen molar-refractivity contribution in [3.63, 3.8) is 0 Å². The van der Waals surface area contributed by atoms with Crippen LogP contribution in [0.4, 0.5) is 5.69 Å². The summed E-state index contributed by atoms with van der Waals surface area (Å²) < 4.78 is 0. The molecule has 0 bridgehead atoms. The third-order valence-electron chi connectivity index (χ3n) is 14.4. The van der Waals surface area contributed by atoms with Gasteiger partial charge < -0.3 is 16.5 Å². The molecule has 3 atom stereocenters. The van der Waals surface area contributed by atoms with Crippen molar-refractivity contribution in [2.24, 2.45) is 11.7 Å². The summed E-state index contributed by atoms with van der Waals surface area (Å²) in [4.78, 5) is 0. The molecule has 0 aromatic heterocycles. The minimum atomic E-state index is -0.552. The van der Waals surface area contributed by atoms with Gasteiger partial charge >= 0.3 is 0 Å². The maximum Gasteiger partial charge on any atom is 0.0710 e. The quantitative estimate of drug-likeness (QED) is 0.114. The zero-order valence-corrected chi connectivity index (χ0v) is 39.8. The molecule has 0 amide bonds. The van der Waals surface area contributed by atoms with Crippen LogP contribution in [0, 0.1) is 11.3 Å². The highest BCUT2D eigenvalue weighted by atomic mass is 14.9. The molecule has 6 aromatic rings. The molecule has 0 spiro atoms. The second-order valence-corrected chi connectivity index (χ2v) is 19.0. The molecule has 3 heteroatoms. The molecule has 2 unspecified atom stereocenters. The Balaban J connectivity index is 1.10. The van der Waals surface area contributed by atoms with Crippen LogP contribution in [-0.4, -0.2) is 17.8 Å². The first kappa shape index (κ1) is 44.5. The fourth-order valence-corrected chi connectivity index (χ4v) is 11.2. The zero-order valence-electron chi connectivity index (χ0n) is 39.8. The van der Waals surface area contributed by atoms with Crippen molar-refractivity contribution >= 4 is 34.2 Å². The standard InChI is InChI=1S/C65H61N3/c1-5-18-43(2)49-32-35-57(62(67)40-49)54(47-20-8-6-9-21-47)34-31-46-19-16-25-52(38-46)65(60-29-14-12-27-55(60)56-28-13-15-30-61(56)65)53-26-17-24-51(39-53)63-42-59(48-22-10-7-11-23-48)58-36-33-50(41-64(58)68-63)44(3)37-45(4)66/h6-16,18-23,25-39,41-42,45,49,63,67-68H,5,17,24,40,66H2,1-4H3/b34-31+,43-18-,44-37-,57-54+,67-62?/t45?,49-,63?/m0/s1. The number of nitrogens with one attached hydrogen (secondary N) is 2. The lowest BCUT2D eigenvalue weighted by Crippen LogP contribution is -2.32. The van der Waals surface area contributed by atoms with Crippen LogP contribution >= 0.6 is 0 Å². The number of rotatable bonds is 11. The summed E-state index contributed by atoms with van der Waals surface area (Å²) in [6, 6.07) is 55.5. The Kier molecular flexibility index (Phi) is 12.5. The van der Waals surface area contributed by atoms with Gasteiger partial charge in [0.25, 0.3) is 0 Å². The van der Waals surface area contributed by atoms with Gasteiger partial charge in [-0.25, -0.2) is 0 Å². The van der Waals surface area contributed by atoms with Crippen LogP contribution < -0.4 is 11.1 Å². The van der Waals surface area contributed by atoms with Crippen LogP contribution in [0.25, 0.3) is 33.9 Å². The first-order valence-corrected chi connectivity index (χ1v) is 24.5. The highest BCUT2D eigenvalue weighted by molar-refractivity contribution is 6.10. The van der Waals surface area contributed by atoms with Gasteiger partial charge in [-0.1, -0.05) is 207 Å². The predicted octanol–water partition coefficient (Wildman–Crippen LogP) is 15.7. The second-order valence-electron chi connectivity index (χ2n) is 19.0. The summed E-state index contributed by atoms with van der Waals surface area (Å²) in [7, 11) is 0. The Morgan fingerprint density at radius 3 is 2.21 bits per heavy atom. The van der Waals surface area contributed by atoms with Crippen LogP contribution in [0.2, 0.25) is 0 Å². The fraction of sp³-hybridized carbons (Fsp3) is 0.185. The molecule has 0 fully saturated rings. The van der Waals surface area contributed by atoms with E-state index in [-0.39, 0.29) is 18.0 Å². The van der Waals surface area contributed by atoms with E-state index in [0.29, 0.717) is 12.1 Å². The summed E-state index contributed by atoms with van der Waals surface area (Å²) in [5, 5.41) is 13.4. The molecule has 336 valence electrons. The lowest BCUT2D eigenvalue weighted by Gasteiger charge is -2.38. The summed E-state index contributed by atoms with van der Waals surface area (Å²) >= 11 is 0. The molecular weight excluding hydrogens is 823 g/mol. The fourth-order valence-electron chi connectivity index (χ4n) is 11.2. The van der Waals surface area contributed by atoms with Crippen molar-refractivity contribution in [1.29, 1.82) is 5.41 Å². The number of nitrogens with two attached hydrogens (primary N) is 1. The molecule has 68 heavy (non-hydrogen) atoms. The van der Waals surface area contributed by atoms with Crippen molar-refractivity contribution < 1.29 is 0 Å². The molecule has 10 rings (SSSR count). The summed E-state index contributed by atoms with van der Waals surface area (Å²) in [5.74, 6) is 0.262. The van der Waals surface area contributed by atoms with Gasteiger partial charge in [0, 0.05) is 34.5 Å². The molecule has 3 nitrogen and oxygen atoms in total. The minimum Gasteiger partial charge on any atom is -0.375 e. The average Bonchev–Trinajstić information content (AvgIpc) is 3.68. The number of hydrogen-bond donors (Lipinski definition) is 3. The van der Waals surface area contributed by atoms with Crippen molar-refractivity contribution in [3.8, 4) is 11.1 Å². The van der Waals surface area contributed by atoms with E-state index in [1.54, 1.807) is 0 Å². The molecule has 4 aliphatic rings. The Morgan fingerprint density at radius 1 is 0.794 bits per heavy atom. The van der Waals surface area contributed by atoms with E-state index in [1.165, 1.54) is 72.4 Å². The monoisotopic (exact) mass is 883 g/mol. The maximum absolute atomic E-state index is 9.32. The van der Waals surface area contributed by atoms with Crippen molar-refractivity contribution in [1.82, 2.24) is 0 Å². The molecule has 0 radical (unpaired) electrons. The Hall–Kier alpha value is -7.33. The Morgan fingerprint density at radius 2 is 1.50 bits per heavy atom. The maximum atomic E-state index is 9.32. The van der Waals surface area contributed by atoms with Gasteiger partial charge in [-0.15, -0.1) is 0 Å². The molecular formula is C65H61N3. The van der Waals surface area contributed by atoms with Crippen LogP contribution in [0.1, 0.15) is 97.9 Å². The van der Waals surface area contributed by atoms with Gasteiger partial charge in [0.2, 0.25) is 0 Å². The number of hydrogen-bond acceptors (Lipinski definition) is 3. The predicted molar refractivity (Wildman–Crippen MR) is 290 cm³/mol. The highest BCUT2D eigenvalue weighted by Gasteiger charge is 2.47. The normalized spacial score (nSPS) is 19.8. The van der Waals surface area contributed by atoms with Crippen LogP contribution in [0.5, 0.6) is 0 Å². The number of allylic oxidation sites excluding steroid dienone is 11. The summed E-state index contributed by atoms with van der Waals surface area (Å²) in [5.41, 5.74) is 28.3. The third-order valence-corrected chi connectivity index (χ3v) is 14.4. The van der Waals surface area contributed by atoms with E-state index < -0.39 is 5.41 Å². The Labute approximate surface area is 403 Å². The van der Waals surface area contributed by atoms with Crippen molar-refractivity contribution in [2.75, 3.05) is 5.32 Å². The third kappa shape index (κ3) is 8.37. The number of anilines is 1. The van der Waals surface area contributed by atoms with Crippen molar-refractivity contribution in [2.45, 2.75) is 70.9 Å². The highest BCUT2D eigenvalue weighted by Crippen LogP contribution is 2.57. The number of benzene rings is 6. The second kappa shape index (κ2) is 19.1. The topological polar surface area (TPSA) is 61.9 Å². The first-order valence-electron chi connectivity index (χ1n) is 24.5. The molecule has 1 heterocycles. The van der Waals surface area contributed by atoms with E-state index >= 15 is 0 Å². The summed E-state index contributed by atoms with van der Waals surface area (Å²) in [6.07, 6.45) is 24.5. The van der Waals surface area contributed by atoms with E-state index in [0.717, 1.165) is 47.2 Å². The molecule has 0 saturated carbocycles. The molecule has 3 aliphatic carbocycles. The van der Waals surface area contributed by atoms with Gasteiger partial charge in [-0.05, 0) is 137 Å². The van der Waals surface area contributed by atoms with Crippen LogP contribution in [0.15, 0.2) is 223 Å². The molecule has 6 aromatic carbocycles. The van der Waals surface area contributed by atoms with Crippen LogP contribution in [0.3, 0.4) is 0 Å². The van der Waals surface area contributed by atoms with E-state index in [1.807, 2.05) is 6.92 Å². The lowest BCUT2D eigenvalue weighted by molar-refractivity contribution is 0.735. The summed E-state index contributed by atoms with van der Waals surface area (Å²) in [6.45, 7) is 8.56. The minimum absolute atomic E-state index is 0.00791. The van der Waals surface area contributed by atoms with Gasteiger partial charge in [0.15, 0.2) is 0 Å². The Bertz CT molecular complexity index is 3120.